The average Bonchev–Trinajstić information content (AvgIpc) is 2.77. The fraction of sp³-hybridized carbons (Fsp3) is 0.333. The third-order valence-corrected chi connectivity index (χ3v) is 5.71. The lowest BCUT2D eigenvalue weighted by atomic mass is 10.1. The molecule has 0 saturated carbocycles. The van der Waals surface area contributed by atoms with Crippen LogP contribution >= 0.6 is 11.8 Å². The molecule has 26 heavy (non-hydrogen) atoms. The molecule has 0 aliphatic carbocycles. The van der Waals surface area contributed by atoms with Crippen LogP contribution in [-0.4, -0.2) is 30.3 Å². The van der Waals surface area contributed by atoms with Crippen LogP contribution in [0.25, 0.3) is 0 Å². The van der Waals surface area contributed by atoms with E-state index in [1.807, 2.05) is 50.2 Å². The van der Waals surface area contributed by atoms with E-state index in [4.69, 9.17) is 4.74 Å². The Labute approximate surface area is 158 Å². The molecule has 3 rings (SSSR count). The number of thioether (sulfide) groups is 1. The highest BCUT2D eigenvalue weighted by Crippen LogP contribution is 2.37. The number of nitrogens with zero attached hydrogens (tertiary/aromatic N) is 1. The zero-order chi connectivity index (χ0) is 18.7. The van der Waals surface area contributed by atoms with Gasteiger partial charge < -0.3 is 9.64 Å². The Kier molecular flexibility index (Phi) is 5.67. The van der Waals surface area contributed by atoms with Gasteiger partial charge >= 0.3 is 5.97 Å². The molecule has 0 N–H and O–H groups in total. The van der Waals surface area contributed by atoms with E-state index < -0.39 is 5.97 Å². The minimum absolute atomic E-state index is 0.190. The summed E-state index contributed by atoms with van der Waals surface area (Å²) in [5, 5.41) is 0.437. The van der Waals surface area contributed by atoms with E-state index in [1.54, 1.807) is 22.7 Å². The Morgan fingerprint density at radius 3 is 2.73 bits per heavy atom. The summed E-state index contributed by atoms with van der Waals surface area (Å²) in [5.74, 6) is -0.646. The van der Waals surface area contributed by atoms with Crippen molar-refractivity contribution in [3.8, 4) is 0 Å². The number of carbonyl (C=O) groups is 2. The summed E-state index contributed by atoms with van der Waals surface area (Å²) in [4.78, 5) is 27.9. The van der Waals surface area contributed by atoms with Crippen LogP contribution in [0.5, 0.6) is 0 Å². The molecule has 1 aliphatic rings. The molecule has 0 radical (unpaired) electrons. The summed E-state index contributed by atoms with van der Waals surface area (Å²) in [6.45, 7) is 6.39. The van der Waals surface area contributed by atoms with E-state index in [0.29, 0.717) is 17.4 Å². The number of aryl methyl sites for hydroxylation is 2. The zero-order valence-corrected chi connectivity index (χ0v) is 16.1. The van der Waals surface area contributed by atoms with Crippen molar-refractivity contribution in [2.45, 2.75) is 37.3 Å². The van der Waals surface area contributed by atoms with E-state index in [9.17, 15) is 9.59 Å². The van der Waals surface area contributed by atoms with E-state index in [0.717, 1.165) is 28.1 Å². The maximum atomic E-state index is 12.7. The van der Waals surface area contributed by atoms with Crippen molar-refractivity contribution >= 4 is 29.3 Å². The first-order valence-electron chi connectivity index (χ1n) is 8.76. The molecule has 1 amide bonds. The van der Waals surface area contributed by atoms with Crippen molar-refractivity contribution in [2.24, 2.45) is 0 Å². The number of esters is 1. The van der Waals surface area contributed by atoms with Gasteiger partial charge in [0.2, 0.25) is 0 Å². The third kappa shape index (κ3) is 4.10. The predicted octanol–water partition coefficient (Wildman–Crippen LogP) is 4.38. The van der Waals surface area contributed by atoms with Gasteiger partial charge in [-0.1, -0.05) is 36.8 Å². The Balaban J connectivity index is 1.71. The first kappa shape index (κ1) is 18.5. The molecule has 1 heterocycles. The summed E-state index contributed by atoms with van der Waals surface area (Å²) in [7, 11) is 0. The van der Waals surface area contributed by atoms with E-state index in [2.05, 4.69) is 6.92 Å². The van der Waals surface area contributed by atoms with E-state index in [-0.39, 0.29) is 12.5 Å². The average molecular weight is 369 g/mol. The first-order valence-corrected chi connectivity index (χ1v) is 9.64. The number of rotatable bonds is 3. The lowest BCUT2D eigenvalue weighted by Gasteiger charge is -2.22. The lowest BCUT2D eigenvalue weighted by Crippen LogP contribution is -2.35. The smallest absolute Gasteiger partial charge is 0.338 e. The number of hydrogen-bond acceptors (Lipinski definition) is 4. The molecule has 0 saturated heterocycles. The maximum Gasteiger partial charge on any atom is 0.338 e. The number of carbonyl (C=O) groups excluding carboxylic acids is 2. The number of hydrogen-bond donors (Lipinski definition) is 0. The first-order chi connectivity index (χ1) is 12.5. The fourth-order valence-electron chi connectivity index (χ4n) is 3.07. The molecule has 0 fully saturated rings. The van der Waals surface area contributed by atoms with Gasteiger partial charge in [-0.3, -0.25) is 4.79 Å². The number of benzene rings is 2. The molecular formula is C21H23NO3S. The van der Waals surface area contributed by atoms with Crippen molar-refractivity contribution in [3.63, 3.8) is 0 Å². The van der Waals surface area contributed by atoms with Crippen LogP contribution in [0.4, 0.5) is 5.69 Å². The second-order valence-corrected chi connectivity index (χ2v) is 8.11. The Morgan fingerprint density at radius 2 is 1.96 bits per heavy atom. The van der Waals surface area contributed by atoms with Gasteiger partial charge in [-0.05, 0) is 44.0 Å². The predicted molar refractivity (Wildman–Crippen MR) is 105 cm³/mol. The fourth-order valence-corrected chi connectivity index (χ4v) is 4.18. The van der Waals surface area contributed by atoms with Crippen LogP contribution in [-0.2, 0) is 9.53 Å². The summed E-state index contributed by atoms with van der Waals surface area (Å²) in [6, 6.07) is 13.4. The number of anilines is 1. The Morgan fingerprint density at radius 1 is 1.19 bits per heavy atom. The molecule has 2 aromatic carbocycles. The van der Waals surface area contributed by atoms with Gasteiger partial charge in [0, 0.05) is 16.7 Å². The van der Waals surface area contributed by atoms with Crippen LogP contribution in [0.3, 0.4) is 0 Å². The van der Waals surface area contributed by atoms with Crippen LogP contribution in [0.2, 0.25) is 0 Å². The largest absolute Gasteiger partial charge is 0.452 e. The summed E-state index contributed by atoms with van der Waals surface area (Å²) >= 11 is 1.78. The molecule has 1 atom stereocenters. The normalized spacial score (nSPS) is 16.6. The highest BCUT2D eigenvalue weighted by atomic mass is 32.2. The molecule has 2 aromatic rings. The van der Waals surface area contributed by atoms with Crippen molar-refractivity contribution < 1.29 is 14.3 Å². The summed E-state index contributed by atoms with van der Waals surface area (Å²) in [6.07, 6.45) is 0.899. The van der Waals surface area contributed by atoms with Gasteiger partial charge in [0.15, 0.2) is 6.61 Å². The molecular weight excluding hydrogens is 346 g/mol. The van der Waals surface area contributed by atoms with E-state index >= 15 is 0 Å². The Hall–Kier alpha value is -2.27. The minimum atomic E-state index is -0.457. The Bertz CT molecular complexity index is 834. The zero-order valence-electron chi connectivity index (χ0n) is 15.3. The maximum absolute atomic E-state index is 12.7. The van der Waals surface area contributed by atoms with Gasteiger partial charge in [0.1, 0.15) is 0 Å². The van der Waals surface area contributed by atoms with Gasteiger partial charge in [0.05, 0.1) is 11.3 Å². The lowest BCUT2D eigenvalue weighted by molar-refractivity contribution is -0.121. The molecule has 136 valence electrons. The second kappa shape index (κ2) is 7.96. The van der Waals surface area contributed by atoms with Crippen LogP contribution in [0, 0.1) is 13.8 Å². The van der Waals surface area contributed by atoms with Crippen LogP contribution in [0.15, 0.2) is 47.4 Å². The summed E-state index contributed by atoms with van der Waals surface area (Å²) < 4.78 is 5.31. The molecule has 0 spiro atoms. The minimum Gasteiger partial charge on any atom is -0.452 e. The highest BCUT2D eigenvalue weighted by Gasteiger charge is 2.25. The van der Waals surface area contributed by atoms with Crippen molar-refractivity contribution in [1.29, 1.82) is 0 Å². The quantitative estimate of drug-likeness (QED) is 0.754. The molecule has 5 heteroatoms. The number of fused-ring (bicyclic) bond motifs is 1. The van der Waals surface area contributed by atoms with E-state index in [1.165, 1.54) is 0 Å². The second-order valence-electron chi connectivity index (χ2n) is 6.62. The summed E-state index contributed by atoms with van der Waals surface area (Å²) in [5.41, 5.74) is 3.34. The van der Waals surface area contributed by atoms with Crippen LogP contribution in [0.1, 0.15) is 34.8 Å². The molecule has 4 nitrogen and oxygen atoms in total. The van der Waals surface area contributed by atoms with Crippen molar-refractivity contribution in [2.75, 3.05) is 18.1 Å². The van der Waals surface area contributed by atoms with Crippen molar-refractivity contribution in [1.82, 2.24) is 0 Å². The van der Waals surface area contributed by atoms with Gasteiger partial charge in [0.25, 0.3) is 5.91 Å². The topological polar surface area (TPSA) is 46.6 Å². The van der Waals surface area contributed by atoms with Gasteiger partial charge in [-0.25, -0.2) is 4.79 Å². The number of para-hydroxylation sites is 1. The standard InChI is InChI=1S/C21H23NO3S/c1-14-8-9-17(15(2)12-14)21(24)25-13-20(23)22-11-10-16(3)26-19-7-5-4-6-18(19)22/h4-9,12,16H,10-11,13H2,1-3H3/t16-/m0/s1. The van der Waals surface area contributed by atoms with Gasteiger partial charge in [-0.15, -0.1) is 11.8 Å². The van der Waals surface area contributed by atoms with Crippen molar-refractivity contribution in [3.05, 3.63) is 59.2 Å². The van der Waals surface area contributed by atoms with Crippen LogP contribution < -0.4 is 4.90 Å². The molecule has 0 bridgehead atoms. The molecule has 1 aliphatic heterocycles. The molecule has 0 unspecified atom stereocenters. The SMILES string of the molecule is Cc1ccc(C(=O)OCC(=O)N2CC[C@H](C)Sc3ccccc32)c(C)c1. The number of ether oxygens (including phenoxy) is 1. The monoisotopic (exact) mass is 369 g/mol. The molecule has 0 aromatic heterocycles. The third-order valence-electron chi connectivity index (χ3n) is 4.47. The number of amides is 1. The van der Waals surface area contributed by atoms with Gasteiger partial charge in [-0.2, -0.15) is 0 Å². The highest BCUT2D eigenvalue weighted by molar-refractivity contribution is 8.00.